The zero-order chi connectivity index (χ0) is 19.9. The number of carbonyl (C=O) groups is 1. The summed E-state index contributed by atoms with van der Waals surface area (Å²) in [6.07, 6.45) is 1.84. The number of rotatable bonds is 7. The Hall–Kier alpha value is -2.77. The number of nitrogens with zero attached hydrogens (tertiary/aromatic N) is 2. The summed E-state index contributed by atoms with van der Waals surface area (Å²) in [4.78, 5) is 19.8. The predicted octanol–water partition coefficient (Wildman–Crippen LogP) is 3.95. The molecule has 1 amide bonds. The number of amidine groups is 1. The second kappa shape index (κ2) is 9.43. The Morgan fingerprint density at radius 3 is 2.46 bits per heavy atom. The van der Waals surface area contributed by atoms with Gasteiger partial charge in [0.15, 0.2) is 16.7 Å². The van der Waals surface area contributed by atoms with Gasteiger partial charge in [-0.1, -0.05) is 24.3 Å². The molecule has 1 aliphatic heterocycles. The molecule has 1 heterocycles. The van der Waals surface area contributed by atoms with E-state index in [0.29, 0.717) is 34.7 Å². The van der Waals surface area contributed by atoms with Gasteiger partial charge in [0, 0.05) is 7.11 Å². The van der Waals surface area contributed by atoms with Crippen LogP contribution in [-0.4, -0.2) is 50.5 Å². The third-order valence-electron chi connectivity index (χ3n) is 4.09. The Labute approximate surface area is 168 Å². The Kier molecular flexibility index (Phi) is 6.73. The van der Waals surface area contributed by atoms with Crippen LogP contribution in [-0.2, 0) is 9.53 Å². The van der Waals surface area contributed by atoms with Crippen molar-refractivity contribution >= 4 is 34.6 Å². The lowest BCUT2D eigenvalue weighted by molar-refractivity contribution is -0.122. The van der Waals surface area contributed by atoms with Crippen LogP contribution in [0.3, 0.4) is 0 Å². The fraction of sp³-hybridized carbons (Fsp3) is 0.238. The van der Waals surface area contributed by atoms with Crippen molar-refractivity contribution in [3.05, 3.63) is 59.0 Å². The summed E-state index contributed by atoms with van der Waals surface area (Å²) >= 11 is 1.35. The lowest BCUT2D eigenvalue weighted by Crippen LogP contribution is -2.32. The van der Waals surface area contributed by atoms with Crippen LogP contribution in [0.25, 0.3) is 6.08 Å². The minimum absolute atomic E-state index is 0.0912. The normalized spacial score (nSPS) is 16.8. The number of methoxy groups -OCH3 is 3. The Bertz CT molecular complexity index is 897. The molecule has 0 unspecified atom stereocenters. The summed E-state index contributed by atoms with van der Waals surface area (Å²) in [6, 6.07) is 15.1. The van der Waals surface area contributed by atoms with Crippen molar-refractivity contribution in [3.8, 4) is 11.5 Å². The van der Waals surface area contributed by atoms with Crippen LogP contribution in [0.5, 0.6) is 11.5 Å². The first-order chi connectivity index (χ1) is 13.7. The molecule has 146 valence electrons. The largest absolute Gasteiger partial charge is 0.493 e. The van der Waals surface area contributed by atoms with Crippen LogP contribution in [0.2, 0.25) is 0 Å². The van der Waals surface area contributed by atoms with Gasteiger partial charge < -0.3 is 14.2 Å². The molecule has 1 fully saturated rings. The van der Waals surface area contributed by atoms with Gasteiger partial charge in [-0.2, -0.15) is 0 Å². The van der Waals surface area contributed by atoms with E-state index in [-0.39, 0.29) is 5.91 Å². The third-order valence-corrected chi connectivity index (χ3v) is 5.10. The second-order valence-corrected chi connectivity index (χ2v) is 6.91. The lowest BCUT2D eigenvalue weighted by atomic mass is 10.2. The minimum Gasteiger partial charge on any atom is -0.493 e. The number of para-hydroxylation sites is 1. The van der Waals surface area contributed by atoms with Crippen molar-refractivity contribution in [1.29, 1.82) is 0 Å². The van der Waals surface area contributed by atoms with Crippen molar-refractivity contribution in [3.63, 3.8) is 0 Å². The number of ether oxygens (including phenoxy) is 3. The summed E-state index contributed by atoms with van der Waals surface area (Å²) in [5.41, 5.74) is 1.65. The van der Waals surface area contributed by atoms with Crippen molar-refractivity contribution in [2.24, 2.45) is 4.99 Å². The van der Waals surface area contributed by atoms with Crippen LogP contribution in [0.15, 0.2) is 58.4 Å². The molecular weight excluding hydrogens is 376 g/mol. The third kappa shape index (κ3) is 4.55. The molecule has 3 rings (SSSR count). The van der Waals surface area contributed by atoms with Gasteiger partial charge in [0.05, 0.1) is 38.0 Å². The van der Waals surface area contributed by atoms with Gasteiger partial charge in [-0.3, -0.25) is 9.69 Å². The summed E-state index contributed by atoms with van der Waals surface area (Å²) in [7, 11) is 4.79. The highest BCUT2D eigenvalue weighted by atomic mass is 32.2. The number of benzene rings is 2. The van der Waals surface area contributed by atoms with E-state index in [9.17, 15) is 4.79 Å². The number of hydrogen-bond acceptors (Lipinski definition) is 6. The van der Waals surface area contributed by atoms with E-state index in [0.717, 1.165) is 11.3 Å². The smallest absolute Gasteiger partial charge is 0.266 e. The van der Waals surface area contributed by atoms with Crippen LogP contribution >= 0.6 is 11.8 Å². The predicted molar refractivity (Wildman–Crippen MR) is 112 cm³/mol. The number of aliphatic imine (C=N–C) groups is 1. The first-order valence-electron chi connectivity index (χ1n) is 8.72. The molecule has 0 atom stereocenters. The van der Waals surface area contributed by atoms with Crippen LogP contribution in [0.4, 0.5) is 5.69 Å². The molecule has 2 aromatic carbocycles. The van der Waals surface area contributed by atoms with E-state index in [2.05, 4.69) is 4.99 Å². The molecule has 7 heteroatoms. The number of carbonyl (C=O) groups excluding carboxylic acids is 1. The van der Waals surface area contributed by atoms with Gasteiger partial charge in [0.2, 0.25) is 0 Å². The van der Waals surface area contributed by atoms with Crippen LogP contribution in [0, 0.1) is 0 Å². The first kappa shape index (κ1) is 20.0. The molecular formula is C21H22N2O4S. The van der Waals surface area contributed by atoms with E-state index >= 15 is 0 Å². The zero-order valence-corrected chi connectivity index (χ0v) is 16.9. The Balaban J connectivity index is 1.93. The van der Waals surface area contributed by atoms with E-state index in [1.807, 2.05) is 54.6 Å². The fourth-order valence-corrected chi connectivity index (χ4v) is 3.70. The van der Waals surface area contributed by atoms with Gasteiger partial charge in [-0.25, -0.2) is 4.99 Å². The highest BCUT2D eigenvalue weighted by molar-refractivity contribution is 8.18. The molecule has 0 aliphatic carbocycles. The topological polar surface area (TPSA) is 60.4 Å². The van der Waals surface area contributed by atoms with Gasteiger partial charge in [0.25, 0.3) is 5.91 Å². The first-order valence-corrected chi connectivity index (χ1v) is 9.54. The number of amides is 1. The quantitative estimate of drug-likeness (QED) is 0.661. The maximum Gasteiger partial charge on any atom is 0.266 e. The van der Waals surface area contributed by atoms with E-state index in [1.165, 1.54) is 11.8 Å². The summed E-state index contributed by atoms with van der Waals surface area (Å²) < 4.78 is 15.8. The Morgan fingerprint density at radius 1 is 1.04 bits per heavy atom. The molecule has 0 aromatic heterocycles. The van der Waals surface area contributed by atoms with E-state index in [4.69, 9.17) is 14.2 Å². The molecule has 0 spiro atoms. The van der Waals surface area contributed by atoms with Gasteiger partial charge in [-0.05, 0) is 47.7 Å². The van der Waals surface area contributed by atoms with Gasteiger partial charge >= 0.3 is 0 Å². The van der Waals surface area contributed by atoms with E-state index < -0.39 is 0 Å². The average Bonchev–Trinajstić information content (AvgIpc) is 3.01. The molecule has 0 saturated carbocycles. The van der Waals surface area contributed by atoms with Crippen molar-refractivity contribution in [2.45, 2.75) is 0 Å². The second-order valence-electron chi connectivity index (χ2n) is 5.90. The molecule has 0 bridgehead atoms. The van der Waals surface area contributed by atoms with Gasteiger partial charge in [0.1, 0.15) is 0 Å². The summed E-state index contributed by atoms with van der Waals surface area (Å²) in [5.74, 6) is 1.16. The highest BCUT2D eigenvalue weighted by Gasteiger charge is 2.33. The fourth-order valence-electron chi connectivity index (χ4n) is 2.68. The van der Waals surface area contributed by atoms with E-state index in [1.54, 1.807) is 26.2 Å². The minimum atomic E-state index is -0.0912. The highest BCUT2D eigenvalue weighted by Crippen LogP contribution is 2.35. The molecule has 0 radical (unpaired) electrons. The summed E-state index contributed by atoms with van der Waals surface area (Å²) in [5, 5.41) is 0.639. The molecule has 6 nitrogen and oxygen atoms in total. The average molecular weight is 398 g/mol. The zero-order valence-electron chi connectivity index (χ0n) is 16.0. The monoisotopic (exact) mass is 398 g/mol. The standard InChI is InChI=1S/C21H22N2O4S/c1-25-12-11-23-20(24)19(28-21(23)22-16-7-5-4-6-8-16)14-15-9-10-17(26-2)18(13-15)27-3/h4-10,13-14H,11-12H2,1-3H3/b19-14-,22-21?. The lowest BCUT2D eigenvalue weighted by Gasteiger charge is -2.14. The molecule has 2 aromatic rings. The number of thioether (sulfide) groups is 1. The summed E-state index contributed by atoms with van der Waals surface area (Å²) in [6.45, 7) is 0.876. The van der Waals surface area contributed by atoms with Crippen LogP contribution < -0.4 is 9.47 Å². The van der Waals surface area contributed by atoms with Crippen molar-refractivity contribution < 1.29 is 19.0 Å². The van der Waals surface area contributed by atoms with Gasteiger partial charge in [-0.15, -0.1) is 0 Å². The van der Waals surface area contributed by atoms with Crippen molar-refractivity contribution in [2.75, 3.05) is 34.5 Å². The molecule has 1 saturated heterocycles. The van der Waals surface area contributed by atoms with Crippen LogP contribution in [0.1, 0.15) is 5.56 Å². The SMILES string of the molecule is COCCN1C(=O)/C(=C/c2ccc(OC)c(OC)c2)SC1=Nc1ccccc1. The number of hydrogen-bond donors (Lipinski definition) is 0. The maximum absolute atomic E-state index is 12.9. The molecule has 28 heavy (non-hydrogen) atoms. The maximum atomic E-state index is 12.9. The molecule has 0 N–H and O–H groups in total. The Morgan fingerprint density at radius 2 is 1.79 bits per heavy atom. The van der Waals surface area contributed by atoms with Crippen molar-refractivity contribution in [1.82, 2.24) is 4.90 Å². The molecule has 1 aliphatic rings.